The summed E-state index contributed by atoms with van der Waals surface area (Å²) in [6.45, 7) is 5.57. The van der Waals surface area contributed by atoms with Crippen molar-refractivity contribution in [2.45, 2.75) is 46.5 Å². The topological polar surface area (TPSA) is 83.5 Å². The molecule has 0 unspecified atom stereocenters. The van der Waals surface area contributed by atoms with Crippen LogP contribution in [-0.2, 0) is 16.0 Å². The molecular weight excluding hydrogens is 294 g/mol. The second-order valence-corrected chi connectivity index (χ2v) is 6.26. The number of aryl methyl sites for hydroxylation is 1. The van der Waals surface area contributed by atoms with Gasteiger partial charge in [0.05, 0.1) is 5.41 Å². The Balaban J connectivity index is 2.35. The molecule has 0 heterocycles. The van der Waals surface area contributed by atoms with Gasteiger partial charge in [0.25, 0.3) is 0 Å². The first-order valence-corrected chi connectivity index (χ1v) is 7.88. The van der Waals surface area contributed by atoms with Crippen LogP contribution in [0.25, 0.3) is 0 Å². The first-order valence-electron chi connectivity index (χ1n) is 7.88. The molecule has 0 spiro atoms. The van der Waals surface area contributed by atoms with E-state index in [2.05, 4.69) is 5.32 Å². The van der Waals surface area contributed by atoms with Crippen LogP contribution in [0.15, 0.2) is 24.3 Å². The number of hydrogen-bond donors (Lipinski definition) is 2. The van der Waals surface area contributed by atoms with Crippen molar-refractivity contribution in [2.24, 2.45) is 5.41 Å². The third-order valence-electron chi connectivity index (χ3n) is 3.91. The molecule has 0 atom stereocenters. The predicted molar refractivity (Wildman–Crippen MR) is 88.4 cm³/mol. The van der Waals surface area contributed by atoms with Crippen LogP contribution >= 0.6 is 0 Å². The molecule has 5 nitrogen and oxygen atoms in total. The van der Waals surface area contributed by atoms with Crippen molar-refractivity contribution in [1.82, 2.24) is 5.32 Å². The van der Waals surface area contributed by atoms with E-state index in [9.17, 15) is 14.4 Å². The highest BCUT2D eigenvalue weighted by molar-refractivity contribution is 5.97. The summed E-state index contributed by atoms with van der Waals surface area (Å²) in [7, 11) is 0. The number of benzene rings is 1. The number of amides is 1. The van der Waals surface area contributed by atoms with Crippen molar-refractivity contribution in [3.63, 3.8) is 0 Å². The first kappa shape index (κ1) is 18.9. The summed E-state index contributed by atoms with van der Waals surface area (Å²) in [5.74, 6) is -1.18. The van der Waals surface area contributed by atoms with Gasteiger partial charge in [0.15, 0.2) is 5.78 Å². The molecule has 23 heavy (non-hydrogen) atoms. The molecule has 0 radical (unpaired) electrons. The molecule has 1 amide bonds. The Bertz CT molecular complexity index is 561. The average Bonchev–Trinajstić information content (AvgIpc) is 2.52. The van der Waals surface area contributed by atoms with E-state index < -0.39 is 11.4 Å². The number of ketones is 1. The number of carbonyl (C=O) groups excluding carboxylic acids is 2. The molecule has 1 aromatic carbocycles. The Kier molecular flexibility index (Phi) is 6.94. The number of carboxylic acids is 1. The molecule has 0 aromatic heterocycles. The fraction of sp³-hybridized carbons (Fsp3) is 0.500. The second-order valence-electron chi connectivity index (χ2n) is 6.26. The second kappa shape index (κ2) is 8.46. The molecule has 5 heteroatoms. The zero-order valence-corrected chi connectivity index (χ0v) is 14.0. The number of carbonyl (C=O) groups is 3. The lowest BCUT2D eigenvalue weighted by Gasteiger charge is -2.18. The minimum Gasteiger partial charge on any atom is -0.481 e. The van der Waals surface area contributed by atoms with Crippen molar-refractivity contribution < 1.29 is 19.5 Å². The van der Waals surface area contributed by atoms with Crippen molar-refractivity contribution in [3.8, 4) is 0 Å². The summed E-state index contributed by atoms with van der Waals surface area (Å²) in [6, 6.07) is 7.41. The van der Waals surface area contributed by atoms with Gasteiger partial charge in [-0.2, -0.15) is 0 Å². The van der Waals surface area contributed by atoms with Gasteiger partial charge >= 0.3 is 5.97 Å². The van der Waals surface area contributed by atoms with Gasteiger partial charge in [0, 0.05) is 24.9 Å². The number of aliphatic carboxylic acids is 1. The number of carboxylic acid groups (broad SMARTS) is 1. The Morgan fingerprint density at radius 1 is 1.09 bits per heavy atom. The van der Waals surface area contributed by atoms with Crippen molar-refractivity contribution in [3.05, 3.63) is 35.4 Å². The molecule has 0 saturated carbocycles. The molecule has 126 valence electrons. The SMILES string of the molecule is CCc1ccc(C(=O)CCC(=O)NCCC(C)(C)C(=O)O)cc1. The normalized spacial score (nSPS) is 11.1. The van der Waals surface area contributed by atoms with E-state index in [1.165, 1.54) is 5.56 Å². The third-order valence-corrected chi connectivity index (χ3v) is 3.91. The summed E-state index contributed by atoms with van der Waals surface area (Å²) < 4.78 is 0. The Morgan fingerprint density at radius 3 is 2.22 bits per heavy atom. The van der Waals surface area contributed by atoms with Gasteiger partial charge in [0.2, 0.25) is 5.91 Å². The summed E-state index contributed by atoms with van der Waals surface area (Å²) >= 11 is 0. The van der Waals surface area contributed by atoms with Crippen LogP contribution in [0.1, 0.15) is 56.0 Å². The van der Waals surface area contributed by atoms with Crippen LogP contribution in [0, 0.1) is 5.41 Å². The summed E-state index contributed by atoms with van der Waals surface area (Å²) in [4.78, 5) is 34.7. The summed E-state index contributed by atoms with van der Waals surface area (Å²) in [5.41, 5.74) is 0.909. The molecule has 0 aliphatic carbocycles. The lowest BCUT2D eigenvalue weighted by atomic mass is 9.90. The molecular formula is C18H25NO4. The highest BCUT2D eigenvalue weighted by Crippen LogP contribution is 2.19. The predicted octanol–water partition coefficient (Wildman–Crippen LogP) is 2.83. The van der Waals surface area contributed by atoms with E-state index in [-0.39, 0.29) is 31.1 Å². The van der Waals surface area contributed by atoms with E-state index in [4.69, 9.17) is 5.11 Å². The third kappa shape index (κ3) is 6.22. The van der Waals surface area contributed by atoms with Gasteiger partial charge in [-0.1, -0.05) is 31.2 Å². The maximum absolute atomic E-state index is 12.0. The minimum absolute atomic E-state index is 0.0614. The van der Waals surface area contributed by atoms with Crippen LogP contribution < -0.4 is 5.32 Å². The molecule has 2 N–H and O–H groups in total. The van der Waals surface area contributed by atoms with Gasteiger partial charge in [-0.3, -0.25) is 14.4 Å². The zero-order chi connectivity index (χ0) is 17.5. The standard InChI is InChI=1S/C18H25NO4/c1-4-13-5-7-14(8-6-13)15(20)9-10-16(21)19-12-11-18(2,3)17(22)23/h5-8H,4,9-12H2,1-3H3,(H,19,21)(H,22,23). The van der Waals surface area contributed by atoms with Crippen LogP contribution in [-0.4, -0.2) is 29.3 Å². The average molecular weight is 319 g/mol. The van der Waals surface area contributed by atoms with Crippen molar-refractivity contribution >= 4 is 17.7 Å². The summed E-state index contributed by atoms with van der Waals surface area (Å²) in [6.07, 6.45) is 1.53. The van der Waals surface area contributed by atoms with Gasteiger partial charge in [-0.15, -0.1) is 0 Å². The quantitative estimate of drug-likeness (QED) is 0.686. The number of rotatable bonds is 9. The lowest BCUT2D eigenvalue weighted by molar-refractivity contribution is -0.147. The number of hydrogen-bond acceptors (Lipinski definition) is 3. The van der Waals surface area contributed by atoms with Gasteiger partial charge in [-0.05, 0) is 32.3 Å². The largest absolute Gasteiger partial charge is 0.481 e. The highest BCUT2D eigenvalue weighted by atomic mass is 16.4. The van der Waals surface area contributed by atoms with Crippen LogP contribution in [0.5, 0.6) is 0 Å². The fourth-order valence-corrected chi connectivity index (χ4v) is 2.01. The van der Waals surface area contributed by atoms with E-state index in [1.54, 1.807) is 26.0 Å². The van der Waals surface area contributed by atoms with Crippen molar-refractivity contribution in [1.29, 1.82) is 0 Å². The Morgan fingerprint density at radius 2 is 1.70 bits per heavy atom. The van der Waals surface area contributed by atoms with Crippen LogP contribution in [0.2, 0.25) is 0 Å². The van der Waals surface area contributed by atoms with Gasteiger partial charge in [-0.25, -0.2) is 0 Å². The maximum atomic E-state index is 12.0. The van der Waals surface area contributed by atoms with Crippen molar-refractivity contribution in [2.75, 3.05) is 6.54 Å². The van der Waals surface area contributed by atoms with Gasteiger partial charge in [0.1, 0.15) is 0 Å². The molecule has 0 aliphatic rings. The van der Waals surface area contributed by atoms with E-state index in [0.717, 1.165) is 6.42 Å². The van der Waals surface area contributed by atoms with Gasteiger partial charge < -0.3 is 10.4 Å². The molecule has 0 fully saturated rings. The highest BCUT2D eigenvalue weighted by Gasteiger charge is 2.26. The molecule has 1 aromatic rings. The Hall–Kier alpha value is -2.17. The number of Topliss-reactive ketones (excluding diaryl/α,β-unsaturated/α-hetero) is 1. The molecule has 0 aliphatic heterocycles. The minimum atomic E-state index is -0.891. The summed E-state index contributed by atoms with van der Waals surface area (Å²) in [5, 5.41) is 11.7. The molecule has 1 rings (SSSR count). The zero-order valence-electron chi connectivity index (χ0n) is 14.0. The van der Waals surface area contributed by atoms with Crippen LogP contribution in [0.3, 0.4) is 0 Å². The van der Waals surface area contributed by atoms with Crippen LogP contribution in [0.4, 0.5) is 0 Å². The van der Waals surface area contributed by atoms with E-state index in [0.29, 0.717) is 12.0 Å². The molecule has 0 bridgehead atoms. The Labute approximate surface area is 137 Å². The fourth-order valence-electron chi connectivity index (χ4n) is 2.01. The maximum Gasteiger partial charge on any atom is 0.309 e. The lowest BCUT2D eigenvalue weighted by Crippen LogP contribution is -2.32. The first-order chi connectivity index (χ1) is 10.8. The molecule has 0 saturated heterocycles. The monoisotopic (exact) mass is 319 g/mol. The van der Waals surface area contributed by atoms with E-state index in [1.807, 2.05) is 19.1 Å². The van der Waals surface area contributed by atoms with E-state index >= 15 is 0 Å². The smallest absolute Gasteiger partial charge is 0.309 e. The number of nitrogens with one attached hydrogen (secondary N) is 1.